The second-order valence-electron chi connectivity index (χ2n) is 18.9. The van der Waals surface area contributed by atoms with Crippen molar-refractivity contribution in [2.45, 2.75) is 25.7 Å². The molecule has 2 aliphatic carbocycles. The van der Waals surface area contributed by atoms with Crippen molar-refractivity contribution in [1.82, 2.24) is 9.13 Å². The van der Waals surface area contributed by atoms with Crippen molar-refractivity contribution >= 4 is 114 Å². The maximum absolute atomic E-state index is 2.61. The van der Waals surface area contributed by atoms with E-state index in [0.29, 0.717) is 0 Å². The van der Waals surface area contributed by atoms with E-state index < -0.39 is 0 Å². The predicted octanol–water partition coefficient (Wildman–Crippen LogP) is 16.0. The molecule has 0 radical (unpaired) electrons. The lowest BCUT2D eigenvalue weighted by atomic mass is 9.67. The number of hydrogen-bond acceptors (Lipinski definition) is 2. The van der Waals surface area contributed by atoms with Crippen LogP contribution in [0.2, 0.25) is 0 Å². The van der Waals surface area contributed by atoms with E-state index in [2.05, 4.69) is 223 Å². The van der Waals surface area contributed by atoms with Crippen LogP contribution in [0.15, 0.2) is 188 Å². The average Bonchev–Trinajstić information content (AvgIpc) is 4.15. The van der Waals surface area contributed by atoms with Gasteiger partial charge in [-0.25, -0.2) is 0 Å². The van der Waals surface area contributed by atoms with Crippen LogP contribution in [0.1, 0.15) is 37.0 Å². The summed E-state index contributed by atoms with van der Waals surface area (Å²) in [4.78, 5) is 0. The molecule has 4 heteroatoms. The molecule has 0 saturated carbocycles. The summed E-state index contributed by atoms with van der Waals surface area (Å²) in [6.45, 7) is 4.63. The van der Waals surface area contributed by atoms with Crippen LogP contribution in [0.3, 0.4) is 0 Å². The third-order valence-corrected chi connectivity index (χ3v) is 17.8. The van der Waals surface area contributed by atoms with Gasteiger partial charge in [0.05, 0.1) is 22.1 Å². The molecule has 0 N–H and O–H groups in total. The molecule has 16 rings (SSSR count). The van der Waals surface area contributed by atoms with Gasteiger partial charge in [-0.2, -0.15) is 0 Å². The maximum Gasteiger partial charge on any atom is 0.0552 e. The van der Waals surface area contributed by atoms with Gasteiger partial charge in [0.1, 0.15) is 0 Å². The molecule has 2 atom stereocenters. The molecule has 4 aliphatic rings. The first-order valence-corrected chi connectivity index (χ1v) is 25.1. The first kappa shape index (κ1) is 37.7. The summed E-state index contributed by atoms with van der Waals surface area (Å²) < 4.78 is 10.3. The van der Waals surface area contributed by atoms with E-state index in [1.165, 1.54) is 134 Å². The van der Waals surface area contributed by atoms with Gasteiger partial charge >= 0.3 is 0 Å². The summed E-state index contributed by atoms with van der Waals surface area (Å²) in [5.41, 5.74) is 16.4. The summed E-state index contributed by atoms with van der Waals surface area (Å²) >= 11 is 3.78. The van der Waals surface area contributed by atoms with Gasteiger partial charge in [0, 0.05) is 78.4 Å². The summed E-state index contributed by atoms with van der Waals surface area (Å²) in [5, 5.41) is 10.4. The van der Waals surface area contributed by atoms with Gasteiger partial charge in [-0.15, -0.1) is 22.7 Å². The van der Waals surface area contributed by atoms with Crippen LogP contribution in [0.4, 0.5) is 0 Å². The van der Waals surface area contributed by atoms with Gasteiger partial charge in [0.25, 0.3) is 0 Å². The fourth-order valence-corrected chi connectivity index (χ4v) is 14.5. The lowest BCUT2D eigenvalue weighted by molar-refractivity contribution is 0.426. The molecule has 4 aromatic heterocycles. The van der Waals surface area contributed by atoms with E-state index in [-0.39, 0.29) is 11.3 Å². The second kappa shape index (κ2) is 13.8. The Morgan fingerprint density at radius 1 is 0.552 bits per heavy atom. The van der Waals surface area contributed by atoms with E-state index in [0.717, 1.165) is 6.42 Å². The van der Waals surface area contributed by atoms with Crippen molar-refractivity contribution in [1.29, 1.82) is 0 Å². The first-order chi connectivity index (χ1) is 33.0. The van der Waals surface area contributed by atoms with Crippen molar-refractivity contribution in [2.75, 3.05) is 0 Å². The zero-order chi connectivity index (χ0) is 44.1. The van der Waals surface area contributed by atoms with Crippen LogP contribution in [0, 0.1) is 5.92 Å². The highest BCUT2D eigenvalue weighted by atomic mass is 32.1. The Bertz CT molecular complexity index is 4390. The minimum atomic E-state index is -0.283. The van der Waals surface area contributed by atoms with Crippen LogP contribution in [-0.2, 0) is 5.41 Å². The number of hydrogen-bond donors (Lipinski definition) is 0. The fourth-order valence-electron chi connectivity index (χ4n) is 12.3. The Hall–Kier alpha value is -7.50. The molecule has 316 valence electrons. The molecule has 0 saturated heterocycles. The van der Waals surface area contributed by atoms with E-state index in [1.54, 1.807) is 0 Å². The lowest BCUT2D eigenvalue weighted by Gasteiger charge is -2.37. The molecule has 12 bridgehead atoms. The second-order valence-corrected chi connectivity index (χ2v) is 21.1. The monoisotopic (exact) mass is 890 g/mol. The van der Waals surface area contributed by atoms with Crippen molar-refractivity contribution in [3.63, 3.8) is 0 Å². The molecule has 0 spiro atoms. The van der Waals surface area contributed by atoms with Gasteiger partial charge in [-0.3, -0.25) is 0 Å². The Morgan fingerprint density at radius 3 is 2.19 bits per heavy atom. The number of thiophene rings is 2. The quantitative estimate of drug-likeness (QED) is 0.164. The predicted molar refractivity (Wildman–Crippen MR) is 289 cm³/mol. The van der Waals surface area contributed by atoms with Crippen LogP contribution in [-0.4, -0.2) is 9.13 Å². The zero-order valence-electron chi connectivity index (χ0n) is 37.0. The van der Waals surface area contributed by atoms with Crippen molar-refractivity contribution in [3.8, 4) is 27.9 Å². The molecule has 6 heterocycles. The minimum Gasteiger partial charge on any atom is -0.313 e. The highest BCUT2D eigenvalue weighted by Crippen LogP contribution is 2.57. The van der Waals surface area contributed by atoms with Gasteiger partial charge in [0.2, 0.25) is 0 Å². The standard InChI is InChI=1S/C63H42N2S2/c1-3-4-20-60-50-29-37-22-25-55-46(28-37)49-34-54-45(35-57(49)64(55)41-14-6-5-7-15-41)43-17-8-10-19-53(43)63(54,2)40-13-12-16-42(32-40)65-56-26-23-38(39-24-27-61(66-60)51(50)31-39)30-47(56)48-33-52-44-18-9-11-21-59(44)67-62(52)36-58(48)65/h3-31,33-36,40H,32H2,1-2H3/b4-3-,50-29?,60-20+. The minimum absolute atomic E-state index is 0.208. The molecular formula is C63H42N2S2. The molecule has 12 aromatic rings. The van der Waals surface area contributed by atoms with Crippen LogP contribution >= 0.6 is 22.7 Å². The number of allylic oxidation sites excluding steroid dienone is 6. The van der Waals surface area contributed by atoms with E-state index in [9.17, 15) is 0 Å². The van der Waals surface area contributed by atoms with E-state index >= 15 is 0 Å². The molecule has 0 amide bonds. The Balaban J connectivity index is 1.08. The number of rotatable bonds is 2. The lowest BCUT2D eigenvalue weighted by Crippen LogP contribution is -2.31. The zero-order valence-corrected chi connectivity index (χ0v) is 38.7. The first-order valence-electron chi connectivity index (χ1n) is 23.4. The molecule has 0 fully saturated rings. The molecule has 67 heavy (non-hydrogen) atoms. The maximum atomic E-state index is 2.61. The Kier molecular flexibility index (Phi) is 7.75. The number of benzene rings is 8. The third kappa shape index (κ3) is 5.20. The summed E-state index contributed by atoms with van der Waals surface area (Å²) in [6, 6.07) is 60.6. The average molecular weight is 891 g/mol. The van der Waals surface area contributed by atoms with E-state index in [1.807, 2.05) is 22.7 Å². The highest BCUT2D eigenvalue weighted by molar-refractivity contribution is 7.25. The molecule has 2 nitrogen and oxygen atoms in total. The van der Waals surface area contributed by atoms with Crippen LogP contribution in [0.5, 0.6) is 0 Å². The van der Waals surface area contributed by atoms with Crippen molar-refractivity contribution in [3.05, 3.63) is 215 Å². The molecule has 2 unspecified atom stereocenters. The fraction of sp³-hybridized carbons (Fsp3) is 0.0794. The van der Waals surface area contributed by atoms with Crippen molar-refractivity contribution < 1.29 is 0 Å². The van der Waals surface area contributed by atoms with Crippen LogP contribution in [0.25, 0.3) is 120 Å². The SMILES string of the molecule is C/C=C\C=c1\sc2ccc3cc2c1=Cc1ccc2c(c1)c1cc4c(cc1n2-c1ccccc1)-c1ccccc1C4(C)C1C=CC=C(C1)n1c2ccc-3cc2c2cc3c(cc21)sc1ccccc13. The number of nitrogens with zero attached hydrogens (tertiary/aromatic N) is 2. The molecular weight excluding hydrogens is 849 g/mol. The summed E-state index contributed by atoms with van der Waals surface area (Å²) in [6.07, 6.45) is 17.2. The van der Waals surface area contributed by atoms with Crippen LogP contribution < -0.4 is 9.75 Å². The topological polar surface area (TPSA) is 9.86 Å². The number of fused-ring (bicyclic) bond motifs is 7. The summed E-state index contributed by atoms with van der Waals surface area (Å²) in [7, 11) is 0. The largest absolute Gasteiger partial charge is 0.313 e. The summed E-state index contributed by atoms with van der Waals surface area (Å²) in [5.74, 6) is 0.208. The highest BCUT2D eigenvalue weighted by Gasteiger charge is 2.45. The number of aromatic nitrogens is 2. The van der Waals surface area contributed by atoms with Gasteiger partial charge in [-0.1, -0.05) is 110 Å². The van der Waals surface area contributed by atoms with Gasteiger partial charge in [-0.05, 0) is 155 Å². The number of para-hydroxylation sites is 1. The Morgan fingerprint density at radius 2 is 1.28 bits per heavy atom. The molecule has 8 aromatic carbocycles. The van der Waals surface area contributed by atoms with Gasteiger partial charge in [0.15, 0.2) is 0 Å². The third-order valence-electron chi connectivity index (χ3n) is 15.5. The van der Waals surface area contributed by atoms with Crippen molar-refractivity contribution in [2.24, 2.45) is 5.92 Å². The molecule has 2 aliphatic heterocycles. The van der Waals surface area contributed by atoms with E-state index in [4.69, 9.17) is 0 Å². The van der Waals surface area contributed by atoms with Gasteiger partial charge < -0.3 is 9.13 Å². The smallest absolute Gasteiger partial charge is 0.0552 e. The Labute approximate surface area is 395 Å². The normalized spacial score (nSPS) is 17.7.